The second kappa shape index (κ2) is 4.42. The minimum Gasteiger partial charge on any atom is -0.482 e. The van der Waals surface area contributed by atoms with Crippen molar-refractivity contribution >= 4 is 17.3 Å². The molecule has 2 aromatic rings. The van der Waals surface area contributed by atoms with Crippen molar-refractivity contribution in [2.24, 2.45) is 0 Å². The van der Waals surface area contributed by atoms with Crippen LogP contribution in [0.5, 0.6) is 5.75 Å². The summed E-state index contributed by atoms with van der Waals surface area (Å²) in [6.07, 6.45) is 1.60. The molecule has 19 heavy (non-hydrogen) atoms. The van der Waals surface area contributed by atoms with Crippen molar-refractivity contribution in [3.8, 4) is 5.75 Å². The number of nitrogens with two attached hydrogens (primary N) is 1. The van der Waals surface area contributed by atoms with Crippen LogP contribution in [0.4, 0.5) is 10.1 Å². The fraction of sp³-hybridized carbons (Fsp3) is 0.200. The Balaban J connectivity index is 1.89. The molecule has 0 unspecified atom stereocenters. The number of hydrogen-bond donors (Lipinski definition) is 1. The van der Waals surface area contributed by atoms with Crippen molar-refractivity contribution in [2.75, 3.05) is 5.73 Å². The Bertz CT molecular complexity index is 608. The van der Waals surface area contributed by atoms with E-state index in [1.54, 1.807) is 36.4 Å². The number of anilines is 1. The summed E-state index contributed by atoms with van der Waals surface area (Å²) in [5, 5.41) is 0.393. The van der Waals surface area contributed by atoms with Gasteiger partial charge in [0, 0.05) is 16.3 Å². The van der Waals surface area contributed by atoms with Gasteiger partial charge in [0.15, 0.2) is 0 Å². The molecule has 2 nitrogen and oxygen atoms in total. The van der Waals surface area contributed by atoms with E-state index >= 15 is 0 Å². The van der Waals surface area contributed by atoms with Gasteiger partial charge in [-0.2, -0.15) is 0 Å². The minimum absolute atomic E-state index is 0.319. The van der Waals surface area contributed by atoms with Crippen molar-refractivity contribution in [1.82, 2.24) is 0 Å². The van der Waals surface area contributed by atoms with Gasteiger partial charge in [-0.3, -0.25) is 0 Å². The van der Waals surface area contributed by atoms with Crippen LogP contribution in [0.2, 0.25) is 5.02 Å². The Morgan fingerprint density at radius 1 is 1.11 bits per heavy atom. The molecule has 0 amide bonds. The first-order valence-corrected chi connectivity index (χ1v) is 6.47. The lowest BCUT2D eigenvalue weighted by molar-refractivity contribution is 0.176. The highest BCUT2D eigenvalue weighted by molar-refractivity contribution is 6.30. The van der Waals surface area contributed by atoms with E-state index in [1.807, 2.05) is 0 Å². The number of rotatable bonds is 3. The summed E-state index contributed by atoms with van der Waals surface area (Å²) in [5.74, 6) is 0.376. The van der Waals surface area contributed by atoms with Gasteiger partial charge in [0.25, 0.3) is 0 Å². The zero-order valence-electron chi connectivity index (χ0n) is 10.2. The number of hydrogen-bond acceptors (Lipinski definition) is 2. The minimum atomic E-state index is -0.551. The topological polar surface area (TPSA) is 35.2 Å². The molecule has 0 aromatic heterocycles. The second-order valence-electron chi connectivity index (χ2n) is 4.79. The summed E-state index contributed by atoms with van der Waals surface area (Å²) in [5.41, 5.74) is 6.32. The predicted octanol–water partition coefficient (Wildman–Crippen LogP) is 4.13. The number of halogens is 2. The van der Waals surface area contributed by atoms with E-state index in [1.165, 1.54) is 6.07 Å². The molecule has 1 fully saturated rings. The summed E-state index contributed by atoms with van der Waals surface area (Å²) >= 11 is 5.77. The molecule has 0 aliphatic heterocycles. The quantitative estimate of drug-likeness (QED) is 0.856. The van der Waals surface area contributed by atoms with Crippen molar-refractivity contribution in [1.29, 1.82) is 0 Å². The van der Waals surface area contributed by atoms with Gasteiger partial charge in [-0.25, -0.2) is 4.39 Å². The summed E-state index contributed by atoms with van der Waals surface area (Å²) in [6, 6.07) is 11.8. The van der Waals surface area contributed by atoms with Crippen molar-refractivity contribution < 1.29 is 9.13 Å². The third kappa shape index (κ3) is 2.38. The Morgan fingerprint density at radius 3 is 2.37 bits per heavy atom. The average molecular weight is 278 g/mol. The lowest BCUT2D eigenvalue weighted by atomic mass is 10.1. The van der Waals surface area contributed by atoms with Gasteiger partial charge >= 0.3 is 0 Å². The van der Waals surface area contributed by atoms with E-state index in [0.717, 1.165) is 12.8 Å². The molecule has 4 heteroatoms. The molecule has 1 aliphatic carbocycles. The van der Waals surface area contributed by atoms with E-state index in [0.29, 0.717) is 22.0 Å². The summed E-state index contributed by atoms with van der Waals surface area (Å²) in [7, 11) is 0. The maximum absolute atomic E-state index is 14.0. The van der Waals surface area contributed by atoms with Crippen LogP contribution in [0.25, 0.3) is 0 Å². The third-order valence-corrected chi connectivity index (χ3v) is 3.55. The largest absolute Gasteiger partial charge is 0.482 e. The molecule has 0 saturated heterocycles. The average Bonchev–Trinajstić information content (AvgIpc) is 3.13. The van der Waals surface area contributed by atoms with Crippen molar-refractivity contribution in [3.05, 3.63) is 58.9 Å². The molecule has 2 aromatic carbocycles. The molecule has 3 rings (SSSR count). The van der Waals surface area contributed by atoms with Crippen LogP contribution in [0, 0.1) is 5.82 Å². The summed E-state index contributed by atoms with van der Waals surface area (Å²) in [4.78, 5) is 0. The molecule has 98 valence electrons. The molecular weight excluding hydrogens is 265 g/mol. The fourth-order valence-electron chi connectivity index (χ4n) is 2.16. The standard InChI is InChI=1S/C15H13ClFNO/c16-10-1-6-13(14(17)9-10)15(7-8-15)19-12-4-2-11(18)3-5-12/h1-6,9H,7-8,18H2. The zero-order chi connectivity index (χ0) is 13.5. The lowest BCUT2D eigenvalue weighted by Gasteiger charge is -2.19. The maximum Gasteiger partial charge on any atom is 0.137 e. The highest BCUT2D eigenvalue weighted by atomic mass is 35.5. The van der Waals surface area contributed by atoms with Crippen molar-refractivity contribution in [3.63, 3.8) is 0 Å². The van der Waals surface area contributed by atoms with Crippen molar-refractivity contribution in [2.45, 2.75) is 18.4 Å². The van der Waals surface area contributed by atoms with Crippen LogP contribution in [-0.2, 0) is 5.60 Å². The third-order valence-electron chi connectivity index (χ3n) is 3.32. The van der Waals surface area contributed by atoms with Crippen LogP contribution < -0.4 is 10.5 Å². The van der Waals surface area contributed by atoms with Crippen LogP contribution in [0.15, 0.2) is 42.5 Å². The van der Waals surface area contributed by atoms with Gasteiger partial charge in [-0.05, 0) is 49.2 Å². The van der Waals surface area contributed by atoms with E-state index in [-0.39, 0.29) is 5.82 Å². The van der Waals surface area contributed by atoms with E-state index in [2.05, 4.69) is 0 Å². The smallest absolute Gasteiger partial charge is 0.137 e. The molecule has 2 N–H and O–H groups in total. The van der Waals surface area contributed by atoms with Gasteiger partial charge < -0.3 is 10.5 Å². The monoisotopic (exact) mass is 277 g/mol. The fourth-order valence-corrected chi connectivity index (χ4v) is 2.32. The highest BCUT2D eigenvalue weighted by Crippen LogP contribution is 2.50. The molecule has 1 aliphatic rings. The van der Waals surface area contributed by atoms with Gasteiger partial charge in [-0.1, -0.05) is 17.7 Å². The number of ether oxygens (including phenoxy) is 1. The van der Waals surface area contributed by atoms with E-state index < -0.39 is 5.60 Å². The lowest BCUT2D eigenvalue weighted by Crippen LogP contribution is -2.17. The molecule has 1 saturated carbocycles. The summed E-state index contributed by atoms with van der Waals surface area (Å²) < 4.78 is 19.9. The van der Waals surface area contributed by atoms with Gasteiger partial charge in [0.2, 0.25) is 0 Å². The SMILES string of the molecule is Nc1ccc(OC2(c3ccc(Cl)cc3F)CC2)cc1. The molecule has 0 heterocycles. The first-order valence-electron chi connectivity index (χ1n) is 6.09. The van der Waals surface area contributed by atoms with Crippen LogP contribution in [0.1, 0.15) is 18.4 Å². The maximum atomic E-state index is 14.0. The van der Waals surface area contributed by atoms with Crippen LogP contribution >= 0.6 is 11.6 Å². The molecule has 0 atom stereocenters. The second-order valence-corrected chi connectivity index (χ2v) is 5.23. The zero-order valence-corrected chi connectivity index (χ0v) is 11.0. The first-order chi connectivity index (χ1) is 9.09. The molecule has 0 spiro atoms. The van der Waals surface area contributed by atoms with Crippen LogP contribution in [-0.4, -0.2) is 0 Å². The van der Waals surface area contributed by atoms with Gasteiger partial charge in [0.1, 0.15) is 17.2 Å². The van der Waals surface area contributed by atoms with Crippen LogP contribution in [0.3, 0.4) is 0 Å². The summed E-state index contributed by atoms with van der Waals surface area (Å²) in [6.45, 7) is 0. The predicted molar refractivity (Wildman–Crippen MR) is 73.8 cm³/mol. The van der Waals surface area contributed by atoms with Gasteiger partial charge in [-0.15, -0.1) is 0 Å². The Kier molecular flexibility index (Phi) is 2.86. The van der Waals surface area contributed by atoms with E-state index in [4.69, 9.17) is 22.1 Å². The number of nitrogen functional groups attached to an aromatic ring is 1. The normalized spacial score (nSPS) is 16.1. The van der Waals surface area contributed by atoms with Gasteiger partial charge in [0.05, 0.1) is 0 Å². The van der Waals surface area contributed by atoms with E-state index in [9.17, 15) is 4.39 Å². The first kappa shape index (κ1) is 12.3. The molecule has 0 radical (unpaired) electrons. The Morgan fingerprint density at radius 2 is 1.79 bits per heavy atom. The Hall–Kier alpha value is -1.74. The number of benzene rings is 2. The molecular formula is C15H13ClFNO. The highest BCUT2D eigenvalue weighted by Gasteiger charge is 2.49. The molecule has 0 bridgehead atoms. The Labute approximate surface area is 115 Å².